The number of aromatic nitrogens is 1. The maximum absolute atomic E-state index is 12.8. The first kappa shape index (κ1) is 18.1. The van der Waals surface area contributed by atoms with E-state index in [1.807, 2.05) is 62.3 Å². The number of hydrogen-bond donors (Lipinski definition) is 1. The number of nitrogens with one attached hydrogen (secondary N) is 1. The minimum absolute atomic E-state index is 0.227. The normalized spacial score (nSPS) is 10.5. The Labute approximate surface area is 162 Å². The highest BCUT2D eigenvalue weighted by molar-refractivity contribution is 9.10. The summed E-state index contributed by atoms with van der Waals surface area (Å²) in [5.41, 5.74) is 5.18. The number of rotatable bonds is 4. The number of halogens is 1. The Morgan fingerprint density at radius 1 is 1.08 bits per heavy atom. The lowest BCUT2D eigenvalue weighted by molar-refractivity contribution is 0.102. The second-order valence-electron chi connectivity index (χ2n) is 6.21. The average molecular weight is 410 g/mol. The van der Waals surface area contributed by atoms with Gasteiger partial charge in [-0.2, -0.15) is 0 Å². The average Bonchev–Trinajstić information content (AvgIpc) is 2.64. The summed E-state index contributed by atoms with van der Waals surface area (Å²) in [6.07, 6.45) is 1.63. The number of pyridine rings is 1. The van der Waals surface area contributed by atoms with Gasteiger partial charge < -0.3 is 10.2 Å². The second-order valence-corrected chi connectivity index (χ2v) is 7.13. The molecule has 1 aromatic heterocycles. The molecule has 1 N–H and O–H groups in total. The summed E-state index contributed by atoms with van der Waals surface area (Å²) in [6, 6.07) is 17.9. The summed E-state index contributed by atoms with van der Waals surface area (Å²) in [6.45, 7) is 2.01. The smallest absolute Gasteiger partial charge is 0.276 e. The van der Waals surface area contributed by atoms with Crippen LogP contribution in [0.1, 0.15) is 16.1 Å². The molecular formula is C21H20BrN3O. The Kier molecular flexibility index (Phi) is 5.38. The quantitative estimate of drug-likeness (QED) is 0.648. The Bertz CT molecular complexity index is 939. The summed E-state index contributed by atoms with van der Waals surface area (Å²) >= 11 is 3.41. The first-order valence-corrected chi connectivity index (χ1v) is 9.06. The maximum Gasteiger partial charge on any atom is 0.276 e. The summed E-state index contributed by atoms with van der Waals surface area (Å²) < 4.78 is 0.833. The van der Waals surface area contributed by atoms with Gasteiger partial charge in [-0.25, -0.2) is 4.98 Å². The fraction of sp³-hybridized carbons (Fsp3) is 0.143. The predicted octanol–water partition coefficient (Wildman–Crippen LogP) is 5.14. The van der Waals surface area contributed by atoms with Crippen LogP contribution >= 0.6 is 15.9 Å². The zero-order chi connectivity index (χ0) is 18.7. The first-order chi connectivity index (χ1) is 12.5. The van der Waals surface area contributed by atoms with Crippen LogP contribution in [0.5, 0.6) is 0 Å². The van der Waals surface area contributed by atoms with Crippen LogP contribution in [0.4, 0.5) is 11.4 Å². The van der Waals surface area contributed by atoms with Crippen LogP contribution in [0.25, 0.3) is 11.1 Å². The second kappa shape index (κ2) is 7.70. The van der Waals surface area contributed by atoms with E-state index in [9.17, 15) is 4.79 Å². The standard InChI is InChI=1S/C21H20BrN3O/c1-14-17(15-8-5-4-6-9-15)10-7-11-18(14)24-21(26)20-19(25(2)3)12-16(22)13-23-20/h4-13H,1-3H3,(H,24,26). The van der Waals surface area contributed by atoms with Crippen molar-refractivity contribution < 1.29 is 4.79 Å². The SMILES string of the molecule is Cc1c(NC(=O)c2ncc(Br)cc2N(C)C)cccc1-c1ccccc1. The molecule has 0 unspecified atom stereocenters. The number of nitrogens with zero attached hydrogens (tertiary/aromatic N) is 2. The molecule has 0 radical (unpaired) electrons. The van der Waals surface area contributed by atoms with Gasteiger partial charge >= 0.3 is 0 Å². The highest BCUT2D eigenvalue weighted by Gasteiger charge is 2.17. The van der Waals surface area contributed by atoms with Gasteiger partial charge in [0.05, 0.1) is 5.69 Å². The van der Waals surface area contributed by atoms with Gasteiger partial charge in [-0.3, -0.25) is 4.79 Å². The first-order valence-electron chi connectivity index (χ1n) is 8.26. The number of amides is 1. The fourth-order valence-electron chi connectivity index (χ4n) is 2.83. The summed E-state index contributed by atoms with van der Waals surface area (Å²) in [4.78, 5) is 19.0. The molecule has 0 bridgehead atoms. The lowest BCUT2D eigenvalue weighted by atomic mass is 9.99. The minimum atomic E-state index is -0.227. The van der Waals surface area contributed by atoms with Crippen molar-refractivity contribution in [2.45, 2.75) is 6.92 Å². The molecule has 0 saturated carbocycles. The fourth-order valence-corrected chi connectivity index (χ4v) is 3.15. The van der Waals surface area contributed by atoms with Crippen LogP contribution < -0.4 is 10.2 Å². The van der Waals surface area contributed by atoms with Crippen molar-refractivity contribution in [1.82, 2.24) is 4.98 Å². The molecule has 132 valence electrons. The Balaban J connectivity index is 1.94. The molecule has 0 spiro atoms. The maximum atomic E-state index is 12.8. The Morgan fingerprint density at radius 2 is 1.81 bits per heavy atom. The third kappa shape index (κ3) is 3.78. The van der Waals surface area contributed by atoms with Gasteiger partial charge in [0.25, 0.3) is 5.91 Å². The lowest BCUT2D eigenvalue weighted by Crippen LogP contribution is -2.20. The lowest BCUT2D eigenvalue weighted by Gasteiger charge is -2.17. The molecule has 0 atom stereocenters. The van der Waals surface area contributed by atoms with E-state index in [0.29, 0.717) is 5.69 Å². The Hall–Kier alpha value is -2.66. The number of carbonyl (C=O) groups excluding carboxylic acids is 1. The van der Waals surface area contributed by atoms with Gasteiger partial charge in [0, 0.05) is 30.5 Å². The van der Waals surface area contributed by atoms with Crippen molar-refractivity contribution in [3.8, 4) is 11.1 Å². The van der Waals surface area contributed by atoms with Crippen LogP contribution in [0, 0.1) is 6.92 Å². The van der Waals surface area contributed by atoms with Gasteiger partial charge in [-0.05, 0) is 51.7 Å². The molecule has 0 saturated heterocycles. The molecule has 4 nitrogen and oxygen atoms in total. The van der Waals surface area contributed by atoms with Crippen molar-refractivity contribution in [2.24, 2.45) is 0 Å². The monoisotopic (exact) mass is 409 g/mol. The van der Waals surface area contributed by atoms with Gasteiger partial charge in [-0.1, -0.05) is 42.5 Å². The molecule has 1 amide bonds. The molecule has 2 aromatic carbocycles. The van der Waals surface area contributed by atoms with Crippen molar-refractivity contribution in [2.75, 3.05) is 24.3 Å². The molecule has 0 aliphatic carbocycles. The zero-order valence-electron chi connectivity index (χ0n) is 15.0. The van der Waals surface area contributed by atoms with Crippen LogP contribution in [-0.4, -0.2) is 25.0 Å². The van der Waals surface area contributed by atoms with Crippen LogP contribution in [0.15, 0.2) is 65.3 Å². The van der Waals surface area contributed by atoms with Crippen molar-refractivity contribution in [1.29, 1.82) is 0 Å². The summed E-state index contributed by atoms with van der Waals surface area (Å²) in [7, 11) is 3.78. The van der Waals surface area contributed by atoms with Crippen LogP contribution in [-0.2, 0) is 0 Å². The molecule has 1 heterocycles. The van der Waals surface area contributed by atoms with E-state index in [1.54, 1.807) is 6.20 Å². The molecule has 5 heteroatoms. The van der Waals surface area contributed by atoms with Crippen molar-refractivity contribution in [3.63, 3.8) is 0 Å². The minimum Gasteiger partial charge on any atom is -0.376 e. The van der Waals surface area contributed by atoms with E-state index >= 15 is 0 Å². The summed E-state index contributed by atoms with van der Waals surface area (Å²) in [5, 5.41) is 3.01. The molecular weight excluding hydrogens is 390 g/mol. The zero-order valence-corrected chi connectivity index (χ0v) is 16.5. The largest absolute Gasteiger partial charge is 0.376 e. The van der Waals surface area contributed by atoms with E-state index in [-0.39, 0.29) is 5.91 Å². The highest BCUT2D eigenvalue weighted by Crippen LogP contribution is 2.29. The van der Waals surface area contributed by atoms with E-state index < -0.39 is 0 Å². The topological polar surface area (TPSA) is 45.2 Å². The van der Waals surface area contributed by atoms with Crippen LogP contribution in [0.2, 0.25) is 0 Å². The van der Waals surface area contributed by atoms with Crippen molar-refractivity contribution >= 4 is 33.2 Å². The third-order valence-electron chi connectivity index (χ3n) is 4.20. The van der Waals surface area contributed by atoms with Gasteiger partial charge in [0.15, 0.2) is 5.69 Å². The van der Waals surface area contributed by atoms with Crippen LogP contribution in [0.3, 0.4) is 0 Å². The molecule has 26 heavy (non-hydrogen) atoms. The van der Waals surface area contributed by atoms with Gasteiger partial charge in [0.2, 0.25) is 0 Å². The molecule has 0 fully saturated rings. The number of hydrogen-bond acceptors (Lipinski definition) is 3. The van der Waals surface area contributed by atoms with E-state index in [0.717, 1.165) is 32.5 Å². The number of benzene rings is 2. The molecule has 3 rings (SSSR count). The molecule has 0 aliphatic heterocycles. The van der Waals surface area contributed by atoms with Gasteiger partial charge in [0.1, 0.15) is 0 Å². The highest BCUT2D eigenvalue weighted by atomic mass is 79.9. The van der Waals surface area contributed by atoms with E-state index in [2.05, 4.69) is 44.4 Å². The Morgan fingerprint density at radius 3 is 2.50 bits per heavy atom. The molecule has 3 aromatic rings. The number of anilines is 2. The molecule has 0 aliphatic rings. The summed E-state index contributed by atoms with van der Waals surface area (Å²) in [5.74, 6) is -0.227. The van der Waals surface area contributed by atoms with E-state index in [1.165, 1.54) is 0 Å². The van der Waals surface area contributed by atoms with E-state index in [4.69, 9.17) is 0 Å². The van der Waals surface area contributed by atoms with Gasteiger partial charge in [-0.15, -0.1) is 0 Å². The number of carbonyl (C=O) groups is 1. The predicted molar refractivity (Wildman–Crippen MR) is 111 cm³/mol. The third-order valence-corrected chi connectivity index (χ3v) is 4.63. The van der Waals surface area contributed by atoms with Crippen molar-refractivity contribution in [3.05, 3.63) is 76.5 Å².